The maximum Gasteiger partial charge on any atom is 0.180 e. The number of nitrogens with zero attached hydrogens (tertiary/aromatic N) is 3. The van der Waals surface area contributed by atoms with Crippen molar-refractivity contribution in [2.24, 2.45) is 5.84 Å². The SMILES string of the molecule is NNc1cn2ccnc2c(NC2CCS(=O)CC2)n1. The van der Waals surface area contributed by atoms with Crippen LogP contribution in [0.25, 0.3) is 5.65 Å². The van der Waals surface area contributed by atoms with Crippen LogP contribution in [-0.2, 0) is 10.8 Å². The molecule has 102 valence electrons. The van der Waals surface area contributed by atoms with Crippen LogP contribution in [0.5, 0.6) is 0 Å². The predicted octanol–water partition coefficient (Wildman–Crippen LogP) is 0.338. The molecule has 0 amide bonds. The highest BCUT2D eigenvalue weighted by Crippen LogP contribution is 2.20. The molecule has 0 unspecified atom stereocenters. The van der Waals surface area contributed by atoms with Gasteiger partial charge in [-0.1, -0.05) is 0 Å². The number of hydrazine groups is 1. The van der Waals surface area contributed by atoms with Gasteiger partial charge in [0.15, 0.2) is 17.3 Å². The van der Waals surface area contributed by atoms with E-state index < -0.39 is 10.8 Å². The summed E-state index contributed by atoms with van der Waals surface area (Å²) in [5, 5.41) is 3.38. The molecule has 2 aromatic heterocycles. The molecule has 0 bridgehead atoms. The van der Waals surface area contributed by atoms with Crippen LogP contribution in [0.4, 0.5) is 11.6 Å². The molecule has 0 saturated carbocycles. The van der Waals surface area contributed by atoms with E-state index in [1.165, 1.54) is 0 Å². The number of nitrogens with two attached hydrogens (primary N) is 1. The average molecular weight is 280 g/mol. The van der Waals surface area contributed by atoms with E-state index in [0.717, 1.165) is 30.0 Å². The molecule has 0 atom stereocenters. The summed E-state index contributed by atoms with van der Waals surface area (Å²) in [6, 6.07) is 0.290. The maximum absolute atomic E-state index is 11.4. The Balaban J connectivity index is 1.87. The average Bonchev–Trinajstić information content (AvgIpc) is 2.89. The van der Waals surface area contributed by atoms with Crippen LogP contribution >= 0.6 is 0 Å². The van der Waals surface area contributed by atoms with Gasteiger partial charge in [-0.2, -0.15) is 0 Å². The van der Waals surface area contributed by atoms with Gasteiger partial charge in [0.25, 0.3) is 0 Å². The third-order valence-electron chi connectivity index (χ3n) is 3.25. The third-order valence-corrected chi connectivity index (χ3v) is 4.63. The molecule has 3 heterocycles. The zero-order valence-corrected chi connectivity index (χ0v) is 11.2. The summed E-state index contributed by atoms with van der Waals surface area (Å²) in [6.45, 7) is 0. The molecule has 8 heteroatoms. The zero-order chi connectivity index (χ0) is 13.2. The van der Waals surface area contributed by atoms with E-state index in [0.29, 0.717) is 17.7 Å². The molecule has 7 nitrogen and oxygen atoms in total. The summed E-state index contributed by atoms with van der Waals surface area (Å²) in [5.74, 6) is 8.19. The van der Waals surface area contributed by atoms with Crippen LogP contribution in [-0.4, -0.2) is 36.1 Å². The van der Waals surface area contributed by atoms with Crippen molar-refractivity contribution >= 4 is 28.1 Å². The highest BCUT2D eigenvalue weighted by molar-refractivity contribution is 7.85. The Morgan fingerprint density at radius 3 is 2.95 bits per heavy atom. The van der Waals surface area contributed by atoms with Gasteiger partial charge in [0.05, 0.1) is 6.20 Å². The predicted molar refractivity (Wildman–Crippen MR) is 75.3 cm³/mol. The fourth-order valence-corrected chi connectivity index (χ4v) is 3.53. The summed E-state index contributed by atoms with van der Waals surface area (Å²) in [7, 11) is -0.658. The first-order valence-electron chi connectivity index (χ1n) is 6.18. The van der Waals surface area contributed by atoms with Crippen LogP contribution in [0, 0.1) is 0 Å². The summed E-state index contributed by atoms with van der Waals surface area (Å²) in [5.41, 5.74) is 3.31. The van der Waals surface area contributed by atoms with Gasteiger partial charge in [-0.25, -0.2) is 15.8 Å². The van der Waals surface area contributed by atoms with Crippen molar-refractivity contribution in [3.8, 4) is 0 Å². The van der Waals surface area contributed by atoms with Gasteiger partial charge < -0.3 is 15.1 Å². The fourth-order valence-electron chi connectivity index (χ4n) is 2.23. The number of imidazole rings is 1. The standard InChI is InChI=1S/C11H16N6OS/c12-16-9-7-17-4-3-13-11(17)10(15-9)14-8-1-5-19(18)6-2-8/h3-4,7-8,16H,1-2,5-6,12H2,(H,14,15). The maximum atomic E-state index is 11.4. The molecule has 0 aliphatic carbocycles. The van der Waals surface area contributed by atoms with Crippen molar-refractivity contribution < 1.29 is 4.21 Å². The van der Waals surface area contributed by atoms with Gasteiger partial charge >= 0.3 is 0 Å². The number of anilines is 2. The molecule has 19 heavy (non-hydrogen) atoms. The summed E-state index contributed by atoms with van der Waals surface area (Å²) >= 11 is 0. The molecule has 2 aromatic rings. The van der Waals surface area contributed by atoms with E-state index >= 15 is 0 Å². The smallest absolute Gasteiger partial charge is 0.180 e. The molecule has 1 aliphatic heterocycles. The Labute approximate surface area is 113 Å². The van der Waals surface area contributed by atoms with Crippen LogP contribution in [0.2, 0.25) is 0 Å². The molecular weight excluding hydrogens is 264 g/mol. The molecule has 1 saturated heterocycles. The second-order valence-electron chi connectivity index (χ2n) is 4.54. The molecule has 0 aromatic carbocycles. The fraction of sp³-hybridized carbons (Fsp3) is 0.455. The van der Waals surface area contributed by atoms with Crippen molar-refractivity contribution in [1.29, 1.82) is 0 Å². The van der Waals surface area contributed by atoms with E-state index in [1.807, 2.05) is 10.6 Å². The topological polar surface area (TPSA) is 97.3 Å². The second kappa shape index (κ2) is 5.14. The molecule has 3 rings (SSSR count). The summed E-state index contributed by atoms with van der Waals surface area (Å²) < 4.78 is 13.2. The first-order chi connectivity index (χ1) is 9.26. The quantitative estimate of drug-likeness (QED) is 0.554. The van der Waals surface area contributed by atoms with Crippen molar-refractivity contribution in [2.45, 2.75) is 18.9 Å². The summed E-state index contributed by atoms with van der Waals surface area (Å²) in [6.07, 6.45) is 7.13. The Morgan fingerprint density at radius 1 is 1.42 bits per heavy atom. The van der Waals surface area contributed by atoms with Crippen LogP contribution in [0.15, 0.2) is 18.6 Å². The van der Waals surface area contributed by atoms with Gasteiger partial charge in [-0.05, 0) is 12.8 Å². The Hall–Kier alpha value is -1.67. The number of aromatic nitrogens is 3. The van der Waals surface area contributed by atoms with Crippen LogP contribution in [0.1, 0.15) is 12.8 Å². The molecule has 1 fully saturated rings. The van der Waals surface area contributed by atoms with E-state index in [9.17, 15) is 4.21 Å². The zero-order valence-electron chi connectivity index (χ0n) is 10.4. The molecular formula is C11H16N6OS. The molecule has 1 aliphatic rings. The lowest BCUT2D eigenvalue weighted by Gasteiger charge is -2.23. The lowest BCUT2D eigenvalue weighted by Crippen LogP contribution is -2.30. The minimum absolute atomic E-state index is 0.290. The van der Waals surface area contributed by atoms with E-state index in [-0.39, 0.29) is 0 Å². The largest absolute Gasteiger partial charge is 0.364 e. The van der Waals surface area contributed by atoms with Crippen LogP contribution in [0.3, 0.4) is 0 Å². The van der Waals surface area contributed by atoms with E-state index in [1.54, 1.807) is 12.4 Å². The molecule has 0 radical (unpaired) electrons. The Bertz CT molecular complexity index is 602. The van der Waals surface area contributed by atoms with E-state index in [2.05, 4.69) is 20.7 Å². The van der Waals surface area contributed by atoms with E-state index in [4.69, 9.17) is 5.84 Å². The number of nitrogens with one attached hydrogen (secondary N) is 2. The number of rotatable bonds is 3. The van der Waals surface area contributed by atoms with Crippen LogP contribution < -0.4 is 16.6 Å². The van der Waals surface area contributed by atoms with Crippen molar-refractivity contribution in [1.82, 2.24) is 14.4 Å². The van der Waals surface area contributed by atoms with Crippen molar-refractivity contribution in [2.75, 3.05) is 22.2 Å². The second-order valence-corrected chi connectivity index (χ2v) is 6.24. The normalized spacial score (nSPS) is 23.4. The number of hydrogen-bond acceptors (Lipinski definition) is 6. The number of nitrogen functional groups attached to an aromatic ring is 1. The summed E-state index contributed by atoms with van der Waals surface area (Å²) in [4.78, 5) is 8.68. The minimum atomic E-state index is -0.658. The van der Waals surface area contributed by atoms with Gasteiger partial charge in [0, 0.05) is 40.7 Å². The lowest BCUT2D eigenvalue weighted by molar-refractivity contribution is 0.622. The number of hydrogen-bond donors (Lipinski definition) is 3. The van der Waals surface area contributed by atoms with Gasteiger partial charge in [0.1, 0.15) is 0 Å². The monoisotopic (exact) mass is 280 g/mol. The van der Waals surface area contributed by atoms with Gasteiger partial charge in [0.2, 0.25) is 0 Å². The Morgan fingerprint density at radius 2 is 2.21 bits per heavy atom. The van der Waals surface area contributed by atoms with Crippen molar-refractivity contribution in [3.63, 3.8) is 0 Å². The van der Waals surface area contributed by atoms with Crippen molar-refractivity contribution in [3.05, 3.63) is 18.6 Å². The highest BCUT2D eigenvalue weighted by atomic mass is 32.2. The third kappa shape index (κ3) is 2.54. The molecule has 4 N–H and O–H groups in total. The molecule has 0 spiro atoms. The van der Waals surface area contributed by atoms with Gasteiger partial charge in [-0.3, -0.25) is 4.21 Å². The highest BCUT2D eigenvalue weighted by Gasteiger charge is 2.19. The minimum Gasteiger partial charge on any atom is -0.364 e. The first kappa shape index (κ1) is 12.4. The Kier molecular flexibility index (Phi) is 3.34. The first-order valence-corrected chi connectivity index (χ1v) is 7.67. The lowest BCUT2D eigenvalue weighted by atomic mass is 10.1. The van der Waals surface area contributed by atoms with Gasteiger partial charge in [-0.15, -0.1) is 0 Å². The number of fused-ring (bicyclic) bond motifs is 1.